The first-order valence-corrected chi connectivity index (χ1v) is 6.39. The van der Waals surface area contributed by atoms with Gasteiger partial charge in [0, 0.05) is 13.7 Å². The van der Waals surface area contributed by atoms with Gasteiger partial charge in [-0.25, -0.2) is 0 Å². The van der Waals surface area contributed by atoms with Crippen molar-refractivity contribution in [2.45, 2.75) is 39.1 Å². The van der Waals surface area contributed by atoms with Gasteiger partial charge >= 0.3 is 10.2 Å². The Labute approximate surface area is 100 Å². The van der Waals surface area contributed by atoms with Gasteiger partial charge in [-0.05, 0) is 5.41 Å². The Morgan fingerprint density at radius 2 is 1.94 bits per heavy atom. The lowest BCUT2D eigenvalue weighted by atomic mass is 9.97. The number of hydrogen-bond donors (Lipinski definition) is 0. The fourth-order valence-corrected chi connectivity index (χ4v) is 1.94. The van der Waals surface area contributed by atoms with Gasteiger partial charge in [0.1, 0.15) is 6.61 Å². The van der Waals surface area contributed by atoms with E-state index in [1.54, 1.807) is 0 Å². The molecule has 0 bridgehead atoms. The summed E-state index contributed by atoms with van der Waals surface area (Å²) in [7, 11) is -3.43. The maximum atomic E-state index is 13.0. The third kappa shape index (κ3) is 3.74. The van der Waals surface area contributed by atoms with Crippen LogP contribution in [0.15, 0.2) is 5.16 Å². The Morgan fingerprint density at radius 3 is 2.35 bits per heavy atom. The summed E-state index contributed by atoms with van der Waals surface area (Å²) < 4.78 is 41.0. The van der Waals surface area contributed by atoms with Crippen LogP contribution in [0.3, 0.4) is 0 Å². The summed E-state index contributed by atoms with van der Waals surface area (Å²) in [5.74, 6) is 0.290. The lowest BCUT2D eigenvalue weighted by Crippen LogP contribution is -2.20. The molecule has 0 saturated carbocycles. The number of aromatic nitrogens is 3. The standard InChI is InChI=1S/C9H16FN3O3S/c1-9(2,3)6-13-7(5-16-4)11-12-8(13)17(10,14)15/h5-6H2,1-4H3. The maximum absolute atomic E-state index is 13.0. The molecule has 1 rings (SSSR count). The van der Waals surface area contributed by atoms with Gasteiger partial charge < -0.3 is 4.74 Å². The summed E-state index contributed by atoms with van der Waals surface area (Å²) in [5.41, 5.74) is -0.232. The zero-order valence-corrected chi connectivity index (χ0v) is 11.1. The number of nitrogens with zero attached hydrogens (tertiary/aromatic N) is 3. The van der Waals surface area contributed by atoms with E-state index < -0.39 is 15.4 Å². The maximum Gasteiger partial charge on any atom is 0.368 e. The first kappa shape index (κ1) is 14.0. The summed E-state index contributed by atoms with van der Waals surface area (Å²) >= 11 is 0. The van der Waals surface area contributed by atoms with Crippen molar-refractivity contribution in [2.75, 3.05) is 7.11 Å². The van der Waals surface area contributed by atoms with E-state index in [-0.39, 0.29) is 18.6 Å². The minimum Gasteiger partial charge on any atom is -0.377 e. The molecule has 1 aromatic rings. The molecule has 0 saturated heterocycles. The molecule has 0 amide bonds. The second kappa shape index (κ2) is 4.69. The molecular formula is C9H16FN3O3S. The van der Waals surface area contributed by atoms with Gasteiger partial charge in [0.2, 0.25) is 0 Å². The Kier molecular flexibility index (Phi) is 3.88. The van der Waals surface area contributed by atoms with Crippen LogP contribution in [0.1, 0.15) is 26.6 Å². The Morgan fingerprint density at radius 1 is 1.35 bits per heavy atom. The molecule has 0 radical (unpaired) electrons. The first-order valence-electron chi connectivity index (χ1n) is 5.01. The Bertz CT molecular complexity index is 490. The molecule has 0 aliphatic heterocycles. The average Bonchev–Trinajstić information content (AvgIpc) is 2.45. The van der Waals surface area contributed by atoms with Crippen LogP contribution in [-0.2, 0) is 28.1 Å². The number of ether oxygens (including phenoxy) is 1. The van der Waals surface area contributed by atoms with Gasteiger partial charge in [-0.15, -0.1) is 10.2 Å². The first-order chi connectivity index (χ1) is 7.65. The van der Waals surface area contributed by atoms with Crippen LogP contribution in [0.4, 0.5) is 3.89 Å². The lowest BCUT2D eigenvalue weighted by Gasteiger charge is -2.20. The molecule has 0 fully saturated rings. The van der Waals surface area contributed by atoms with Crippen molar-refractivity contribution in [3.63, 3.8) is 0 Å². The van der Waals surface area contributed by atoms with Crippen LogP contribution in [-0.4, -0.2) is 30.3 Å². The minimum absolute atomic E-state index is 0.0819. The van der Waals surface area contributed by atoms with E-state index in [4.69, 9.17) is 4.74 Å². The summed E-state index contributed by atoms with van der Waals surface area (Å²) in [6.45, 7) is 6.07. The molecule has 0 aromatic carbocycles. The van der Waals surface area contributed by atoms with Crippen LogP contribution in [0, 0.1) is 5.41 Å². The molecule has 0 unspecified atom stereocenters. The number of rotatable bonds is 4. The van der Waals surface area contributed by atoms with E-state index in [1.807, 2.05) is 20.8 Å². The number of hydrogen-bond acceptors (Lipinski definition) is 5. The topological polar surface area (TPSA) is 74.1 Å². The summed E-state index contributed by atoms with van der Waals surface area (Å²) in [5, 5.41) is 6.32. The Hall–Kier alpha value is -1.02. The summed E-state index contributed by atoms with van der Waals surface area (Å²) in [4.78, 5) is 0. The number of halogens is 1. The fourth-order valence-electron chi connectivity index (χ4n) is 1.37. The van der Waals surface area contributed by atoms with Gasteiger partial charge in [-0.3, -0.25) is 4.57 Å². The SMILES string of the molecule is COCc1nnc(S(=O)(=O)F)n1CC(C)(C)C. The van der Waals surface area contributed by atoms with E-state index >= 15 is 0 Å². The molecule has 6 nitrogen and oxygen atoms in total. The van der Waals surface area contributed by atoms with E-state index in [1.165, 1.54) is 11.7 Å². The van der Waals surface area contributed by atoms with E-state index in [0.717, 1.165) is 0 Å². The van der Waals surface area contributed by atoms with Crippen LogP contribution in [0.25, 0.3) is 0 Å². The highest BCUT2D eigenvalue weighted by Gasteiger charge is 2.26. The molecule has 0 N–H and O–H groups in total. The fraction of sp³-hybridized carbons (Fsp3) is 0.778. The van der Waals surface area contributed by atoms with Crippen LogP contribution < -0.4 is 0 Å². The molecule has 98 valence electrons. The van der Waals surface area contributed by atoms with Crippen LogP contribution in [0.5, 0.6) is 0 Å². The molecule has 1 aromatic heterocycles. The molecule has 0 aliphatic carbocycles. The third-order valence-corrected chi connectivity index (χ3v) is 2.66. The summed E-state index contributed by atoms with van der Waals surface area (Å²) in [6, 6.07) is 0. The predicted molar refractivity (Wildman–Crippen MR) is 58.5 cm³/mol. The third-order valence-electron chi connectivity index (χ3n) is 1.92. The van der Waals surface area contributed by atoms with Crippen LogP contribution >= 0.6 is 0 Å². The molecule has 8 heteroatoms. The van der Waals surface area contributed by atoms with Crippen molar-refractivity contribution in [2.24, 2.45) is 5.41 Å². The van der Waals surface area contributed by atoms with Crippen molar-refractivity contribution in [1.82, 2.24) is 14.8 Å². The molecule has 0 aliphatic rings. The molecule has 0 spiro atoms. The highest BCUT2D eigenvalue weighted by atomic mass is 32.3. The quantitative estimate of drug-likeness (QED) is 0.763. The molecule has 0 atom stereocenters. The second-order valence-electron chi connectivity index (χ2n) is 4.92. The van der Waals surface area contributed by atoms with Crippen molar-refractivity contribution in [3.8, 4) is 0 Å². The second-order valence-corrected chi connectivity index (χ2v) is 6.16. The van der Waals surface area contributed by atoms with Gasteiger partial charge in [0.25, 0.3) is 5.16 Å². The zero-order valence-electron chi connectivity index (χ0n) is 10.3. The highest BCUT2D eigenvalue weighted by Crippen LogP contribution is 2.21. The summed E-state index contributed by atoms with van der Waals surface area (Å²) in [6.07, 6.45) is 0. The Balaban J connectivity index is 3.25. The van der Waals surface area contributed by atoms with Crippen molar-refractivity contribution in [3.05, 3.63) is 5.82 Å². The van der Waals surface area contributed by atoms with E-state index in [2.05, 4.69) is 10.2 Å². The van der Waals surface area contributed by atoms with Gasteiger partial charge in [0.15, 0.2) is 5.82 Å². The largest absolute Gasteiger partial charge is 0.377 e. The van der Waals surface area contributed by atoms with Gasteiger partial charge in [0.05, 0.1) is 0 Å². The monoisotopic (exact) mass is 265 g/mol. The smallest absolute Gasteiger partial charge is 0.368 e. The van der Waals surface area contributed by atoms with Gasteiger partial charge in [-0.2, -0.15) is 8.42 Å². The molecular weight excluding hydrogens is 249 g/mol. The molecule has 17 heavy (non-hydrogen) atoms. The lowest BCUT2D eigenvalue weighted by molar-refractivity contribution is 0.169. The normalized spacial score (nSPS) is 13.0. The van der Waals surface area contributed by atoms with Crippen molar-refractivity contribution < 1.29 is 17.0 Å². The van der Waals surface area contributed by atoms with Crippen molar-refractivity contribution in [1.29, 1.82) is 0 Å². The highest BCUT2D eigenvalue weighted by molar-refractivity contribution is 7.86. The van der Waals surface area contributed by atoms with E-state index in [0.29, 0.717) is 5.82 Å². The number of methoxy groups -OCH3 is 1. The van der Waals surface area contributed by atoms with E-state index in [9.17, 15) is 12.3 Å². The average molecular weight is 265 g/mol. The minimum atomic E-state index is -4.87. The van der Waals surface area contributed by atoms with Gasteiger partial charge in [-0.1, -0.05) is 24.7 Å². The zero-order chi connectivity index (χ0) is 13.3. The molecule has 1 heterocycles. The predicted octanol–water partition coefficient (Wildman–Crippen LogP) is 1.13. The van der Waals surface area contributed by atoms with Crippen LogP contribution in [0.2, 0.25) is 0 Å². The van der Waals surface area contributed by atoms with Crippen molar-refractivity contribution >= 4 is 10.2 Å².